The van der Waals surface area contributed by atoms with Crippen molar-refractivity contribution in [1.29, 1.82) is 0 Å². The average Bonchev–Trinajstić information content (AvgIpc) is 3.16. The van der Waals surface area contributed by atoms with Gasteiger partial charge in [0, 0.05) is 31.0 Å². The molecule has 5 nitrogen and oxygen atoms in total. The average molecular weight is 372 g/mol. The minimum Gasteiger partial charge on any atom is -0.493 e. The van der Waals surface area contributed by atoms with Gasteiger partial charge in [-0.25, -0.2) is 4.39 Å². The molecule has 0 unspecified atom stereocenters. The first-order valence-corrected chi connectivity index (χ1v) is 9.10. The Hall–Kier alpha value is -2.60. The van der Waals surface area contributed by atoms with Gasteiger partial charge in [-0.05, 0) is 31.2 Å². The molecule has 1 amide bonds. The van der Waals surface area contributed by atoms with Gasteiger partial charge in [-0.2, -0.15) is 0 Å². The zero-order valence-electron chi connectivity index (χ0n) is 15.7. The van der Waals surface area contributed by atoms with E-state index in [-0.39, 0.29) is 11.6 Å². The second-order valence-electron chi connectivity index (χ2n) is 6.65. The fourth-order valence-corrected chi connectivity index (χ4v) is 3.56. The van der Waals surface area contributed by atoms with Crippen LogP contribution in [0.5, 0.6) is 11.5 Å². The highest BCUT2D eigenvalue weighted by Gasteiger charge is 2.27. The lowest BCUT2D eigenvalue weighted by atomic mass is 9.97. The number of methoxy groups -OCH3 is 2. The van der Waals surface area contributed by atoms with Crippen molar-refractivity contribution in [2.24, 2.45) is 0 Å². The molecule has 0 aliphatic carbocycles. The van der Waals surface area contributed by atoms with Gasteiger partial charge >= 0.3 is 0 Å². The second kappa shape index (κ2) is 8.86. The fourth-order valence-electron chi connectivity index (χ4n) is 3.56. The van der Waals surface area contributed by atoms with E-state index in [2.05, 4.69) is 16.3 Å². The molecule has 27 heavy (non-hydrogen) atoms. The van der Waals surface area contributed by atoms with Crippen molar-refractivity contribution in [1.82, 2.24) is 4.90 Å². The Labute approximate surface area is 159 Å². The SMILES string of the molecule is COc1cccc([C@@H]2CCN(CCC(=O)Nc3ccccc3F)C2)c1OC. The minimum atomic E-state index is -0.419. The van der Waals surface area contributed by atoms with Gasteiger partial charge in [0.15, 0.2) is 11.5 Å². The summed E-state index contributed by atoms with van der Waals surface area (Å²) < 4.78 is 24.6. The number of halogens is 1. The van der Waals surface area contributed by atoms with E-state index in [4.69, 9.17) is 9.47 Å². The van der Waals surface area contributed by atoms with Gasteiger partial charge < -0.3 is 19.7 Å². The van der Waals surface area contributed by atoms with Crippen LogP contribution in [0.4, 0.5) is 10.1 Å². The van der Waals surface area contributed by atoms with Crippen LogP contribution in [0.2, 0.25) is 0 Å². The number of anilines is 1. The first-order valence-electron chi connectivity index (χ1n) is 9.10. The summed E-state index contributed by atoms with van der Waals surface area (Å²) in [7, 11) is 3.29. The number of rotatable bonds is 7. The molecular weight excluding hydrogens is 347 g/mol. The standard InChI is InChI=1S/C21H25FN2O3/c1-26-19-9-5-6-16(21(19)27-2)15-10-12-24(14-15)13-11-20(25)23-18-8-4-3-7-17(18)22/h3-9,15H,10-14H2,1-2H3,(H,23,25)/t15-/m1/s1. The Kier molecular flexibility index (Phi) is 6.29. The van der Waals surface area contributed by atoms with Crippen LogP contribution in [-0.2, 0) is 4.79 Å². The summed E-state index contributed by atoms with van der Waals surface area (Å²) in [6, 6.07) is 12.1. The lowest BCUT2D eigenvalue weighted by Crippen LogP contribution is -2.26. The lowest BCUT2D eigenvalue weighted by Gasteiger charge is -2.18. The summed E-state index contributed by atoms with van der Waals surface area (Å²) in [6.45, 7) is 2.41. The molecule has 0 spiro atoms. The maximum absolute atomic E-state index is 13.6. The smallest absolute Gasteiger partial charge is 0.225 e. The van der Waals surface area contributed by atoms with E-state index < -0.39 is 5.82 Å². The van der Waals surface area contributed by atoms with Crippen LogP contribution in [-0.4, -0.2) is 44.7 Å². The Morgan fingerprint density at radius 3 is 2.74 bits per heavy atom. The van der Waals surface area contributed by atoms with Crippen molar-refractivity contribution < 1.29 is 18.7 Å². The van der Waals surface area contributed by atoms with Crippen molar-refractivity contribution in [2.45, 2.75) is 18.8 Å². The van der Waals surface area contributed by atoms with Crippen LogP contribution < -0.4 is 14.8 Å². The molecule has 1 atom stereocenters. The topological polar surface area (TPSA) is 50.8 Å². The molecule has 2 aromatic rings. The number of carbonyl (C=O) groups excluding carboxylic acids is 1. The maximum Gasteiger partial charge on any atom is 0.225 e. The molecule has 1 aliphatic heterocycles. The normalized spacial score (nSPS) is 16.9. The second-order valence-corrected chi connectivity index (χ2v) is 6.65. The Morgan fingerprint density at radius 1 is 1.19 bits per heavy atom. The van der Waals surface area contributed by atoms with Crippen molar-refractivity contribution in [2.75, 3.05) is 39.2 Å². The number of ether oxygens (including phenoxy) is 2. The Balaban J connectivity index is 1.55. The molecule has 0 aromatic heterocycles. The highest BCUT2D eigenvalue weighted by atomic mass is 19.1. The molecule has 1 aliphatic rings. The minimum absolute atomic E-state index is 0.178. The molecule has 2 aromatic carbocycles. The summed E-state index contributed by atoms with van der Waals surface area (Å²) in [6.07, 6.45) is 1.33. The molecule has 1 fully saturated rings. The van der Waals surface area contributed by atoms with Crippen LogP contribution in [0.15, 0.2) is 42.5 Å². The molecule has 3 rings (SSSR count). The van der Waals surface area contributed by atoms with Crippen LogP contribution in [0, 0.1) is 5.82 Å². The number of nitrogens with one attached hydrogen (secondary N) is 1. The molecule has 0 radical (unpaired) electrons. The maximum atomic E-state index is 13.6. The zero-order valence-corrected chi connectivity index (χ0v) is 15.7. The van der Waals surface area contributed by atoms with Crippen LogP contribution >= 0.6 is 0 Å². The Morgan fingerprint density at radius 2 is 2.00 bits per heavy atom. The molecule has 144 valence electrons. The molecule has 0 bridgehead atoms. The molecular formula is C21H25FN2O3. The first-order chi connectivity index (χ1) is 13.1. The quantitative estimate of drug-likeness (QED) is 0.806. The number of benzene rings is 2. The first kappa shape index (κ1) is 19.2. The summed E-state index contributed by atoms with van der Waals surface area (Å²) in [5.41, 5.74) is 1.36. The third kappa shape index (κ3) is 4.57. The van der Waals surface area contributed by atoms with Crippen LogP contribution in [0.3, 0.4) is 0 Å². The van der Waals surface area contributed by atoms with Crippen LogP contribution in [0.1, 0.15) is 24.3 Å². The predicted molar refractivity (Wildman–Crippen MR) is 103 cm³/mol. The van der Waals surface area contributed by atoms with Gasteiger partial charge in [-0.3, -0.25) is 4.79 Å². The van der Waals surface area contributed by atoms with Gasteiger partial charge in [-0.1, -0.05) is 24.3 Å². The van der Waals surface area contributed by atoms with Crippen molar-refractivity contribution in [3.05, 3.63) is 53.8 Å². The predicted octanol–water partition coefficient (Wildman–Crippen LogP) is 3.66. The van der Waals surface area contributed by atoms with Crippen molar-refractivity contribution >= 4 is 11.6 Å². The Bertz CT molecular complexity index is 797. The van der Waals surface area contributed by atoms with Gasteiger partial charge in [0.1, 0.15) is 5.82 Å². The number of hydrogen-bond acceptors (Lipinski definition) is 4. The molecule has 1 saturated heterocycles. The van der Waals surface area contributed by atoms with E-state index in [1.165, 1.54) is 6.07 Å². The monoisotopic (exact) mass is 372 g/mol. The summed E-state index contributed by atoms with van der Waals surface area (Å²) in [5, 5.41) is 2.63. The fraction of sp³-hybridized carbons (Fsp3) is 0.381. The van der Waals surface area contributed by atoms with Gasteiger partial charge in [0.2, 0.25) is 5.91 Å². The number of para-hydroxylation sites is 2. The third-order valence-electron chi connectivity index (χ3n) is 4.95. The van der Waals surface area contributed by atoms with Gasteiger partial charge in [0.05, 0.1) is 19.9 Å². The molecule has 1 N–H and O–H groups in total. The van der Waals surface area contributed by atoms with Crippen LogP contribution in [0.25, 0.3) is 0 Å². The largest absolute Gasteiger partial charge is 0.493 e. The van der Waals surface area contributed by atoms with Crippen molar-refractivity contribution in [3.63, 3.8) is 0 Å². The number of nitrogens with zero attached hydrogens (tertiary/aromatic N) is 1. The number of hydrogen-bond donors (Lipinski definition) is 1. The van der Waals surface area contributed by atoms with Crippen molar-refractivity contribution in [3.8, 4) is 11.5 Å². The molecule has 6 heteroatoms. The van der Waals surface area contributed by atoms with Gasteiger partial charge in [-0.15, -0.1) is 0 Å². The number of amides is 1. The van der Waals surface area contributed by atoms with Gasteiger partial charge in [0.25, 0.3) is 0 Å². The van der Waals surface area contributed by atoms with E-state index in [9.17, 15) is 9.18 Å². The third-order valence-corrected chi connectivity index (χ3v) is 4.95. The lowest BCUT2D eigenvalue weighted by molar-refractivity contribution is -0.116. The van der Waals surface area contributed by atoms with E-state index in [1.807, 2.05) is 12.1 Å². The van der Waals surface area contributed by atoms with E-state index >= 15 is 0 Å². The van der Waals surface area contributed by atoms with E-state index in [0.29, 0.717) is 18.9 Å². The molecule has 1 heterocycles. The van der Waals surface area contributed by atoms with E-state index in [0.717, 1.165) is 36.6 Å². The number of carbonyl (C=O) groups is 1. The van der Waals surface area contributed by atoms with E-state index in [1.54, 1.807) is 32.4 Å². The number of likely N-dealkylation sites (tertiary alicyclic amines) is 1. The zero-order chi connectivity index (χ0) is 19.2. The summed E-state index contributed by atoms with van der Waals surface area (Å²) in [5.74, 6) is 1.26. The highest BCUT2D eigenvalue weighted by molar-refractivity contribution is 5.90. The highest BCUT2D eigenvalue weighted by Crippen LogP contribution is 2.39. The summed E-state index contributed by atoms with van der Waals surface area (Å²) in [4.78, 5) is 14.4. The molecule has 0 saturated carbocycles. The summed E-state index contributed by atoms with van der Waals surface area (Å²) >= 11 is 0.